The lowest BCUT2D eigenvalue weighted by Crippen LogP contribution is -2.68. The van der Waals surface area contributed by atoms with Crippen LogP contribution in [0.15, 0.2) is 36.9 Å². The number of hydrogen-bond donors (Lipinski definition) is 0. The molecule has 2 fully saturated rings. The zero-order valence-electron chi connectivity index (χ0n) is 17.7. The van der Waals surface area contributed by atoms with Gasteiger partial charge in [0.2, 0.25) is 11.6 Å². The first kappa shape index (κ1) is 21.1. The SMILES string of the molecule is C=CCN1C(=O)c2ccccc2N2C(=O)CC[C@]12C(=O)OCC(=O)N1CCC[C@H](C)C1. The van der Waals surface area contributed by atoms with Crippen LogP contribution >= 0.6 is 0 Å². The number of amides is 3. The molecule has 0 spiro atoms. The number of esters is 1. The Hall–Kier alpha value is -3.16. The third kappa shape index (κ3) is 3.40. The molecule has 164 valence electrons. The van der Waals surface area contributed by atoms with Crippen molar-refractivity contribution in [1.82, 2.24) is 9.80 Å². The molecule has 3 amide bonds. The quantitative estimate of drug-likeness (QED) is 0.532. The van der Waals surface area contributed by atoms with Crippen LogP contribution in [0.3, 0.4) is 0 Å². The van der Waals surface area contributed by atoms with E-state index in [1.807, 2.05) is 0 Å². The number of hydrogen-bond acceptors (Lipinski definition) is 5. The zero-order chi connectivity index (χ0) is 22.2. The van der Waals surface area contributed by atoms with Crippen LogP contribution in [-0.2, 0) is 19.1 Å². The van der Waals surface area contributed by atoms with E-state index < -0.39 is 18.2 Å². The summed E-state index contributed by atoms with van der Waals surface area (Å²) in [6.45, 7) is 6.74. The molecule has 0 bridgehead atoms. The minimum absolute atomic E-state index is 0.0730. The van der Waals surface area contributed by atoms with Gasteiger partial charge in [-0.25, -0.2) is 4.79 Å². The van der Waals surface area contributed by atoms with Crippen LogP contribution in [0.25, 0.3) is 0 Å². The Kier molecular flexibility index (Phi) is 5.56. The number of para-hydroxylation sites is 1. The molecule has 2 saturated heterocycles. The number of benzene rings is 1. The smallest absolute Gasteiger partial charge is 0.354 e. The van der Waals surface area contributed by atoms with Crippen molar-refractivity contribution in [2.75, 3.05) is 31.1 Å². The van der Waals surface area contributed by atoms with Crippen molar-refractivity contribution in [3.63, 3.8) is 0 Å². The highest BCUT2D eigenvalue weighted by Crippen LogP contribution is 2.45. The lowest BCUT2D eigenvalue weighted by Gasteiger charge is -2.48. The first-order chi connectivity index (χ1) is 14.9. The fourth-order valence-corrected chi connectivity index (χ4v) is 4.88. The van der Waals surface area contributed by atoms with Gasteiger partial charge in [-0.1, -0.05) is 25.1 Å². The Morgan fingerprint density at radius 2 is 2.06 bits per heavy atom. The molecule has 1 aromatic carbocycles. The third-order valence-corrected chi connectivity index (χ3v) is 6.35. The molecule has 0 saturated carbocycles. The Balaban J connectivity index is 1.63. The van der Waals surface area contributed by atoms with Gasteiger partial charge in [0, 0.05) is 32.5 Å². The van der Waals surface area contributed by atoms with E-state index in [0.717, 1.165) is 12.8 Å². The number of nitrogens with zero attached hydrogens (tertiary/aromatic N) is 3. The van der Waals surface area contributed by atoms with Gasteiger partial charge in [-0.05, 0) is 30.9 Å². The predicted octanol–water partition coefficient (Wildman–Crippen LogP) is 1.95. The van der Waals surface area contributed by atoms with Crippen molar-refractivity contribution in [2.24, 2.45) is 5.92 Å². The van der Waals surface area contributed by atoms with E-state index in [1.54, 1.807) is 29.2 Å². The molecule has 0 radical (unpaired) electrons. The molecule has 2 atom stereocenters. The first-order valence-corrected chi connectivity index (χ1v) is 10.7. The number of anilines is 1. The minimum atomic E-state index is -1.60. The van der Waals surface area contributed by atoms with Gasteiger partial charge in [-0.15, -0.1) is 6.58 Å². The molecule has 31 heavy (non-hydrogen) atoms. The van der Waals surface area contributed by atoms with Crippen molar-refractivity contribution in [3.8, 4) is 0 Å². The average molecular weight is 425 g/mol. The molecule has 8 nitrogen and oxygen atoms in total. The number of carbonyl (C=O) groups excluding carboxylic acids is 4. The Morgan fingerprint density at radius 3 is 2.81 bits per heavy atom. The molecule has 3 aliphatic heterocycles. The normalized spacial score (nSPS) is 25.2. The summed E-state index contributed by atoms with van der Waals surface area (Å²) in [6.07, 6.45) is 3.71. The molecular weight excluding hydrogens is 398 g/mol. The maximum atomic E-state index is 13.4. The summed E-state index contributed by atoms with van der Waals surface area (Å²) in [5.74, 6) is -1.24. The third-order valence-electron chi connectivity index (χ3n) is 6.35. The highest BCUT2D eigenvalue weighted by Gasteiger charge is 2.61. The second-order valence-corrected chi connectivity index (χ2v) is 8.43. The number of ether oxygens (including phenoxy) is 1. The fraction of sp³-hybridized carbons (Fsp3) is 0.478. The topological polar surface area (TPSA) is 87.2 Å². The van der Waals surface area contributed by atoms with Crippen LogP contribution in [0.2, 0.25) is 0 Å². The largest absolute Gasteiger partial charge is 0.452 e. The van der Waals surface area contributed by atoms with Crippen LogP contribution in [0.5, 0.6) is 0 Å². The summed E-state index contributed by atoms with van der Waals surface area (Å²) in [5, 5.41) is 0. The van der Waals surface area contributed by atoms with E-state index in [4.69, 9.17) is 4.74 Å². The van der Waals surface area contributed by atoms with Gasteiger partial charge in [-0.3, -0.25) is 19.3 Å². The van der Waals surface area contributed by atoms with Crippen molar-refractivity contribution in [2.45, 2.75) is 38.3 Å². The van der Waals surface area contributed by atoms with E-state index in [0.29, 0.717) is 30.3 Å². The maximum Gasteiger partial charge on any atom is 0.354 e. The Morgan fingerprint density at radius 1 is 1.29 bits per heavy atom. The molecule has 3 heterocycles. The summed E-state index contributed by atoms with van der Waals surface area (Å²) in [6, 6.07) is 6.73. The fourth-order valence-electron chi connectivity index (χ4n) is 4.88. The van der Waals surface area contributed by atoms with Gasteiger partial charge in [-0.2, -0.15) is 0 Å². The lowest BCUT2D eigenvalue weighted by molar-refractivity contribution is -0.162. The van der Waals surface area contributed by atoms with Gasteiger partial charge in [0.25, 0.3) is 11.8 Å². The van der Waals surface area contributed by atoms with E-state index in [9.17, 15) is 19.2 Å². The number of fused-ring (bicyclic) bond motifs is 3. The Bertz CT molecular complexity index is 945. The molecule has 0 aromatic heterocycles. The van der Waals surface area contributed by atoms with E-state index >= 15 is 0 Å². The van der Waals surface area contributed by atoms with Crippen LogP contribution in [-0.4, -0.2) is 65.4 Å². The molecule has 0 unspecified atom stereocenters. The van der Waals surface area contributed by atoms with E-state index in [-0.39, 0.29) is 37.1 Å². The average Bonchev–Trinajstić information content (AvgIpc) is 3.13. The number of carbonyl (C=O) groups is 4. The molecule has 1 aromatic rings. The molecular formula is C23H27N3O5. The summed E-state index contributed by atoms with van der Waals surface area (Å²) in [5.41, 5.74) is -0.864. The monoisotopic (exact) mass is 425 g/mol. The highest BCUT2D eigenvalue weighted by atomic mass is 16.5. The first-order valence-electron chi connectivity index (χ1n) is 10.7. The van der Waals surface area contributed by atoms with Crippen LogP contribution in [0.1, 0.15) is 43.0 Å². The molecule has 0 aliphatic carbocycles. The van der Waals surface area contributed by atoms with Crippen molar-refractivity contribution in [1.29, 1.82) is 0 Å². The van der Waals surface area contributed by atoms with Gasteiger partial charge < -0.3 is 14.5 Å². The highest BCUT2D eigenvalue weighted by molar-refractivity contribution is 6.15. The molecule has 4 rings (SSSR count). The Labute approximate surface area is 181 Å². The van der Waals surface area contributed by atoms with E-state index in [2.05, 4.69) is 13.5 Å². The summed E-state index contributed by atoms with van der Waals surface area (Å²) in [7, 11) is 0. The molecule has 3 aliphatic rings. The molecule has 0 N–H and O–H groups in total. The van der Waals surface area contributed by atoms with Crippen molar-refractivity contribution < 1.29 is 23.9 Å². The van der Waals surface area contributed by atoms with E-state index in [1.165, 1.54) is 15.9 Å². The van der Waals surface area contributed by atoms with Gasteiger partial charge in [0.1, 0.15) is 0 Å². The van der Waals surface area contributed by atoms with Crippen molar-refractivity contribution >= 4 is 29.4 Å². The number of rotatable bonds is 5. The number of likely N-dealkylation sites (tertiary alicyclic amines) is 1. The summed E-state index contributed by atoms with van der Waals surface area (Å²) < 4.78 is 5.47. The standard InChI is InChI=1S/C23H27N3O5/c1-3-12-25-21(29)17-8-4-5-9-18(17)26-19(27)10-11-23(25,26)22(30)31-15-20(28)24-13-6-7-16(2)14-24/h3-5,8-9,16H,1,6-7,10-15H2,2H3/t16-,23-/m0/s1. The minimum Gasteiger partial charge on any atom is -0.452 e. The van der Waals surface area contributed by atoms with Gasteiger partial charge in [0.05, 0.1) is 11.3 Å². The lowest BCUT2D eigenvalue weighted by atomic mass is 9.96. The maximum absolute atomic E-state index is 13.4. The summed E-state index contributed by atoms with van der Waals surface area (Å²) >= 11 is 0. The van der Waals surface area contributed by atoms with Crippen molar-refractivity contribution in [3.05, 3.63) is 42.5 Å². The van der Waals surface area contributed by atoms with Gasteiger partial charge in [0.15, 0.2) is 6.61 Å². The summed E-state index contributed by atoms with van der Waals surface area (Å²) in [4.78, 5) is 56.5. The second kappa shape index (κ2) is 8.17. The predicted molar refractivity (Wildman–Crippen MR) is 113 cm³/mol. The molecule has 8 heteroatoms. The number of piperidine rings is 1. The zero-order valence-corrected chi connectivity index (χ0v) is 17.7. The van der Waals surface area contributed by atoms with Crippen LogP contribution in [0.4, 0.5) is 5.69 Å². The van der Waals surface area contributed by atoms with Crippen LogP contribution < -0.4 is 4.90 Å². The second-order valence-electron chi connectivity index (χ2n) is 8.43. The van der Waals surface area contributed by atoms with Crippen LogP contribution in [0, 0.1) is 5.92 Å². The van der Waals surface area contributed by atoms with Gasteiger partial charge >= 0.3 is 5.97 Å².